The van der Waals surface area contributed by atoms with Crippen molar-refractivity contribution in [2.24, 2.45) is 0 Å². The van der Waals surface area contributed by atoms with Crippen molar-refractivity contribution in [2.75, 3.05) is 26.2 Å². The highest BCUT2D eigenvalue weighted by atomic mass is 16.6. The third kappa shape index (κ3) is 5.18. The van der Waals surface area contributed by atoms with Crippen molar-refractivity contribution in [3.05, 3.63) is 83.7 Å². The lowest BCUT2D eigenvalue weighted by Crippen LogP contribution is -2.49. The van der Waals surface area contributed by atoms with Crippen LogP contribution in [0.1, 0.15) is 22.5 Å². The summed E-state index contributed by atoms with van der Waals surface area (Å²) in [6.07, 6.45) is 5.58. The highest BCUT2D eigenvalue weighted by molar-refractivity contribution is 5.70. The fourth-order valence-corrected chi connectivity index (χ4v) is 3.47. The zero-order valence-electron chi connectivity index (χ0n) is 17.1. The Morgan fingerprint density at radius 3 is 2.50 bits per heavy atom. The first-order chi connectivity index (χ1) is 14.7. The molecule has 3 aromatic rings. The number of benzene rings is 1. The van der Waals surface area contributed by atoms with E-state index in [-0.39, 0.29) is 6.09 Å². The Morgan fingerprint density at radius 1 is 1.00 bits per heavy atom. The van der Waals surface area contributed by atoms with Crippen LogP contribution in [0.25, 0.3) is 0 Å². The standard InChI is InChI=1S/C23H25N5O2/c1-18-3-2-9-25-22(18)15-19-4-6-21(7-5-19)30-23(29)28-13-11-27(12-14-28)16-20-8-10-24-17-26-20/h2-10,17H,11-16H2,1H3. The van der Waals surface area contributed by atoms with Gasteiger partial charge in [-0.15, -0.1) is 0 Å². The average molecular weight is 403 g/mol. The van der Waals surface area contributed by atoms with Gasteiger partial charge in [0.2, 0.25) is 0 Å². The number of carbonyl (C=O) groups is 1. The lowest BCUT2D eigenvalue weighted by molar-refractivity contribution is 0.107. The number of nitrogens with zero attached hydrogens (tertiary/aromatic N) is 5. The molecular formula is C23H25N5O2. The summed E-state index contributed by atoms with van der Waals surface area (Å²) in [5.74, 6) is 0.560. The number of aromatic nitrogens is 3. The van der Waals surface area contributed by atoms with E-state index in [9.17, 15) is 4.79 Å². The maximum absolute atomic E-state index is 12.5. The molecule has 0 bridgehead atoms. The minimum absolute atomic E-state index is 0.301. The smallest absolute Gasteiger partial charge is 0.410 e. The first-order valence-electron chi connectivity index (χ1n) is 10.1. The summed E-state index contributed by atoms with van der Waals surface area (Å²) in [5.41, 5.74) is 4.35. The molecule has 0 aliphatic carbocycles. The van der Waals surface area contributed by atoms with Crippen LogP contribution in [0, 0.1) is 6.92 Å². The molecule has 154 valence electrons. The number of pyridine rings is 1. The van der Waals surface area contributed by atoms with Gasteiger partial charge >= 0.3 is 6.09 Å². The van der Waals surface area contributed by atoms with Crippen molar-refractivity contribution >= 4 is 6.09 Å². The molecule has 2 aromatic heterocycles. The molecule has 0 radical (unpaired) electrons. The molecule has 1 aliphatic rings. The summed E-state index contributed by atoms with van der Waals surface area (Å²) in [6, 6.07) is 13.6. The van der Waals surface area contributed by atoms with Gasteiger partial charge in [0.15, 0.2) is 0 Å². The summed E-state index contributed by atoms with van der Waals surface area (Å²) in [7, 11) is 0. The van der Waals surface area contributed by atoms with E-state index in [0.29, 0.717) is 18.8 Å². The van der Waals surface area contributed by atoms with Gasteiger partial charge in [0, 0.05) is 57.2 Å². The molecule has 1 fully saturated rings. The topological polar surface area (TPSA) is 71.5 Å². The van der Waals surface area contributed by atoms with Gasteiger partial charge in [0.1, 0.15) is 12.1 Å². The van der Waals surface area contributed by atoms with Crippen molar-refractivity contribution in [3.63, 3.8) is 0 Å². The number of aryl methyl sites for hydroxylation is 1. The number of piperazine rings is 1. The third-order valence-electron chi connectivity index (χ3n) is 5.28. The van der Waals surface area contributed by atoms with E-state index in [1.54, 1.807) is 17.4 Å². The van der Waals surface area contributed by atoms with Crippen molar-refractivity contribution in [3.8, 4) is 5.75 Å². The maximum atomic E-state index is 12.5. The lowest BCUT2D eigenvalue weighted by atomic mass is 10.1. The van der Waals surface area contributed by atoms with Gasteiger partial charge in [0.25, 0.3) is 0 Å². The summed E-state index contributed by atoms with van der Waals surface area (Å²) in [5, 5.41) is 0. The molecule has 1 aromatic carbocycles. The second-order valence-corrected chi connectivity index (χ2v) is 7.42. The van der Waals surface area contributed by atoms with Crippen molar-refractivity contribution in [2.45, 2.75) is 19.9 Å². The SMILES string of the molecule is Cc1cccnc1Cc1ccc(OC(=O)N2CCN(Cc3ccncn3)CC2)cc1. The Morgan fingerprint density at radius 2 is 1.80 bits per heavy atom. The largest absolute Gasteiger partial charge is 0.415 e. The van der Waals surface area contributed by atoms with Crippen LogP contribution < -0.4 is 4.74 Å². The fraction of sp³-hybridized carbons (Fsp3) is 0.304. The first kappa shape index (κ1) is 20.0. The van der Waals surface area contributed by atoms with Crippen LogP contribution in [0.2, 0.25) is 0 Å². The van der Waals surface area contributed by atoms with Gasteiger partial charge in [-0.1, -0.05) is 18.2 Å². The number of hydrogen-bond donors (Lipinski definition) is 0. The highest BCUT2D eigenvalue weighted by Gasteiger charge is 2.22. The molecule has 0 spiro atoms. The Balaban J connectivity index is 1.26. The van der Waals surface area contributed by atoms with E-state index in [1.807, 2.05) is 42.6 Å². The fourth-order valence-electron chi connectivity index (χ4n) is 3.47. The predicted molar refractivity (Wildman–Crippen MR) is 113 cm³/mol. The molecule has 0 atom stereocenters. The molecule has 3 heterocycles. The van der Waals surface area contributed by atoms with E-state index >= 15 is 0 Å². The molecule has 30 heavy (non-hydrogen) atoms. The minimum Gasteiger partial charge on any atom is -0.410 e. The Kier molecular flexibility index (Phi) is 6.29. The average Bonchev–Trinajstić information content (AvgIpc) is 2.78. The molecule has 1 aliphatic heterocycles. The second-order valence-electron chi connectivity index (χ2n) is 7.42. The minimum atomic E-state index is -0.301. The van der Waals surface area contributed by atoms with Crippen LogP contribution >= 0.6 is 0 Å². The Labute approximate surface area is 176 Å². The quantitative estimate of drug-likeness (QED) is 0.652. The summed E-state index contributed by atoms with van der Waals surface area (Å²) < 4.78 is 5.57. The van der Waals surface area contributed by atoms with Gasteiger partial charge in [-0.2, -0.15) is 0 Å². The molecule has 1 amide bonds. The number of amides is 1. The third-order valence-corrected chi connectivity index (χ3v) is 5.28. The van der Waals surface area contributed by atoms with Gasteiger partial charge < -0.3 is 9.64 Å². The normalized spacial score (nSPS) is 14.5. The zero-order chi connectivity index (χ0) is 20.8. The number of rotatable bonds is 5. The van der Waals surface area contributed by atoms with Gasteiger partial charge in [-0.3, -0.25) is 9.88 Å². The predicted octanol–water partition coefficient (Wildman–Crippen LogP) is 3.09. The molecule has 0 saturated carbocycles. The van der Waals surface area contributed by atoms with Crippen LogP contribution in [0.5, 0.6) is 5.75 Å². The monoisotopic (exact) mass is 403 g/mol. The van der Waals surface area contributed by atoms with E-state index in [0.717, 1.165) is 43.0 Å². The highest BCUT2D eigenvalue weighted by Crippen LogP contribution is 2.17. The molecule has 7 heteroatoms. The molecule has 1 saturated heterocycles. The Bertz CT molecular complexity index is 970. The number of hydrogen-bond acceptors (Lipinski definition) is 6. The maximum Gasteiger partial charge on any atom is 0.415 e. The van der Waals surface area contributed by atoms with Crippen LogP contribution in [0.4, 0.5) is 4.79 Å². The molecule has 4 rings (SSSR count). The molecule has 0 unspecified atom stereocenters. The summed E-state index contributed by atoms with van der Waals surface area (Å²) in [6.45, 7) is 5.69. The van der Waals surface area contributed by atoms with Gasteiger partial charge in [-0.05, 0) is 42.3 Å². The van der Waals surface area contributed by atoms with E-state index in [2.05, 4.69) is 32.8 Å². The molecule has 0 N–H and O–H groups in total. The van der Waals surface area contributed by atoms with Gasteiger partial charge in [-0.25, -0.2) is 14.8 Å². The second kappa shape index (κ2) is 9.45. The number of ether oxygens (including phenoxy) is 1. The van der Waals surface area contributed by atoms with Crippen LogP contribution in [-0.2, 0) is 13.0 Å². The number of carbonyl (C=O) groups excluding carboxylic acids is 1. The zero-order valence-corrected chi connectivity index (χ0v) is 17.1. The van der Waals surface area contributed by atoms with E-state index in [4.69, 9.17) is 4.74 Å². The van der Waals surface area contributed by atoms with Gasteiger partial charge in [0.05, 0.1) is 5.69 Å². The first-order valence-corrected chi connectivity index (χ1v) is 10.1. The summed E-state index contributed by atoms with van der Waals surface area (Å²) in [4.78, 5) is 29.2. The van der Waals surface area contributed by atoms with E-state index < -0.39 is 0 Å². The Hall–Kier alpha value is -3.32. The van der Waals surface area contributed by atoms with E-state index in [1.165, 1.54) is 5.56 Å². The lowest BCUT2D eigenvalue weighted by Gasteiger charge is -2.33. The molecular weight excluding hydrogens is 378 g/mol. The van der Waals surface area contributed by atoms with Crippen LogP contribution in [0.3, 0.4) is 0 Å². The van der Waals surface area contributed by atoms with Crippen LogP contribution in [0.15, 0.2) is 61.2 Å². The van der Waals surface area contributed by atoms with Crippen LogP contribution in [-0.4, -0.2) is 57.0 Å². The molecule has 7 nitrogen and oxygen atoms in total. The van der Waals surface area contributed by atoms with Crippen molar-refractivity contribution in [1.82, 2.24) is 24.8 Å². The van der Waals surface area contributed by atoms with Crippen molar-refractivity contribution in [1.29, 1.82) is 0 Å². The summed E-state index contributed by atoms with van der Waals surface area (Å²) >= 11 is 0. The van der Waals surface area contributed by atoms with Crippen molar-refractivity contribution < 1.29 is 9.53 Å².